The number of morpholine rings is 1. The Hall–Kier alpha value is -3.26. The lowest BCUT2D eigenvalue weighted by Gasteiger charge is -2.26. The number of aromatic amines is 1. The molecule has 1 aromatic heterocycles. The molecule has 1 aromatic carbocycles. The van der Waals surface area contributed by atoms with E-state index in [4.69, 9.17) is 14.7 Å². The summed E-state index contributed by atoms with van der Waals surface area (Å²) in [4.78, 5) is 40.5. The number of rotatable bonds is 13. The molecule has 0 unspecified atom stereocenters. The topological polar surface area (TPSA) is 167 Å². The van der Waals surface area contributed by atoms with Crippen molar-refractivity contribution in [3.8, 4) is 5.75 Å². The lowest BCUT2D eigenvalue weighted by molar-refractivity contribution is -0.129. The number of H-pyrrole nitrogens is 1. The molecule has 0 atom stereocenters. The minimum absolute atomic E-state index is 0.0228. The Balaban J connectivity index is 1.50. The number of carbonyl (C=O) groups excluding carboxylic acids is 3. The van der Waals surface area contributed by atoms with E-state index in [9.17, 15) is 22.8 Å². The van der Waals surface area contributed by atoms with Gasteiger partial charge in [0.05, 0.1) is 30.4 Å². The molecule has 2 aliphatic rings. The minimum Gasteiger partial charge on any atom is -0.491 e. The summed E-state index contributed by atoms with van der Waals surface area (Å²) in [7, 11) is -3.82. The number of nitrogens with zero attached hydrogens (tertiary/aromatic N) is 1. The fraction of sp³-hybridized carbons (Fsp3) is 0.552. The second kappa shape index (κ2) is 14.8. The van der Waals surface area contributed by atoms with Gasteiger partial charge in [0.1, 0.15) is 11.4 Å². The highest BCUT2D eigenvalue weighted by molar-refractivity contribution is 7.89. The summed E-state index contributed by atoms with van der Waals surface area (Å²) in [6.45, 7) is 3.25. The van der Waals surface area contributed by atoms with Crippen LogP contribution in [0.2, 0.25) is 0 Å². The zero-order valence-corrected chi connectivity index (χ0v) is 24.8. The van der Waals surface area contributed by atoms with Crippen LogP contribution in [0.15, 0.2) is 23.1 Å². The number of amides is 2. The number of fused-ring (bicyclic) bond motifs is 1. The average molecular weight is 605 g/mol. The van der Waals surface area contributed by atoms with Crippen LogP contribution < -0.4 is 15.5 Å². The molecule has 4 N–H and O–H groups in total. The van der Waals surface area contributed by atoms with Crippen molar-refractivity contribution < 1.29 is 37.5 Å². The molecule has 1 aliphatic heterocycles. The Morgan fingerprint density at radius 1 is 1.07 bits per heavy atom. The van der Waals surface area contributed by atoms with Crippen molar-refractivity contribution >= 4 is 33.3 Å². The standard InChI is InChI=1S/C29H40N4O8S/c1-20-27-22(9-6-7-10-24(27)34)28(30-20)29(36)31-23-19-21(42(38,39)33-14-17-40-18-15-33)12-13-25(23)41-16-8-4-2-3-5-11-26(35)32-37/h12-13,19,30,37H,2-11,14-18H2,1H3,(H,31,36)(H,32,35). The molecule has 13 heteroatoms. The molecule has 1 aliphatic carbocycles. The highest BCUT2D eigenvalue weighted by Crippen LogP contribution is 2.32. The van der Waals surface area contributed by atoms with Crippen molar-refractivity contribution in [3.05, 3.63) is 40.7 Å². The van der Waals surface area contributed by atoms with Crippen molar-refractivity contribution in [1.29, 1.82) is 0 Å². The van der Waals surface area contributed by atoms with Crippen molar-refractivity contribution in [2.45, 2.75) is 76.0 Å². The molecule has 230 valence electrons. The van der Waals surface area contributed by atoms with Gasteiger partial charge in [0.25, 0.3) is 5.91 Å². The second-order valence-electron chi connectivity index (χ2n) is 10.6. The fourth-order valence-electron chi connectivity index (χ4n) is 5.38. The number of ketones is 1. The monoisotopic (exact) mass is 604 g/mol. The number of benzene rings is 1. The number of nitrogens with one attached hydrogen (secondary N) is 3. The quantitative estimate of drug-likeness (QED) is 0.116. The fourth-order valence-corrected chi connectivity index (χ4v) is 6.81. The van der Waals surface area contributed by atoms with Crippen LogP contribution >= 0.6 is 0 Å². The van der Waals surface area contributed by atoms with Crippen LogP contribution in [0.3, 0.4) is 0 Å². The van der Waals surface area contributed by atoms with Crippen LogP contribution in [0.1, 0.15) is 89.9 Å². The molecular formula is C29H40N4O8S. The largest absolute Gasteiger partial charge is 0.491 e. The highest BCUT2D eigenvalue weighted by atomic mass is 32.2. The summed E-state index contributed by atoms with van der Waals surface area (Å²) in [5.74, 6) is -0.500. The number of carbonyl (C=O) groups is 3. The number of Topliss-reactive ketones (excluding diaryl/α,β-unsaturated/α-hetero) is 1. The van der Waals surface area contributed by atoms with Crippen LogP contribution in [0.25, 0.3) is 0 Å². The number of unbranched alkanes of at least 4 members (excludes halogenated alkanes) is 4. The molecule has 42 heavy (non-hydrogen) atoms. The van der Waals surface area contributed by atoms with E-state index in [2.05, 4.69) is 10.3 Å². The number of hydroxylamine groups is 1. The normalized spacial score (nSPS) is 16.0. The summed E-state index contributed by atoms with van der Waals surface area (Å²) < 4.78 is 39.4. The second-order valence-corrected chi connectivity index (χ2v) is 12.6. The van der Waals surface area contributed by atoms with E-state index in [1.54, 1.807) is 18.5 Å². The summed E-state index contributed by atoms with van der Waals surface area (Å²) in [6.07, 6.45) is 6.87. The molecule has 1 fully saturated rings. The summed E-state index contributed by atoms with van der Waals surface area (Å²) in [6, 6.07) is 4.45. The first kappa shape index (κ1) is 31.7. The Labute approximate surface area is 246 Å². The number of sulfonamides is 1. The van der Waals surface area contributed by atoms with Gasteiger partial charge in [-0.25, -0.2) is 13.9 Å². The Morgan fingerprint density at radius 2 is 1.79 bits per heavy atom. The van der Waals surface area contributed by atoms with E-state index in [1.165, 1.54) is 16.4 Å². The zero-order valence-electron chi connectivity index (χ0n) is 24.0. The van der Waals surface area contributed by atoms with E-state index in [-0.39, 0.29) is 35.9 Å². The van der Waals surface area contributed by atoms with E-state index < -0.39 is 21.8 Å². The van der Waals surface area contributed by atoms with Crippen LogP contribution in [0, 0.1) is 6.92 Å². The van der Waals surface area contributed by atoms with Crippen LogP contribution in [0.5, 0.6) is 5.75 Å². The van der Waals surface area contributed by atoms with E-state index in [0.29, 0.717) is 67.3 Å². The molecular weight excluding hydrogens is 564 g/mol. The third kappa shape index (κ3) is 7.77. The smallest absolute Gasteiger partial charge is 0.272 e. The average Bonchev–Trinajstić information content (AvgIpc) is 3.20. The van der Waals surface area contributed by atoms with Gasteiger partial charge in [-0.2, -0.15) is 4.31 Å². The van der Waals surface area contributed by atoms with Crippen LogP contribution in [-0.4, -0.2) is 73.4 Å². The predicted molar refractivity (Wildman–Crippen MR) is 155 cm³/mol. The van der Waals surface area contributed by atoms with Gasteiger partial charge in [0.15, 0.2) is 5.78 Å². The van der Waals surface area contributed by atoms with Gasteiger partial charge in [0.2, 0.25) is 15.9 Å². The molecule has 0 saturated carbocycles. The van der Waals surface area contributed by atoms with Gasteiger partial charge in [0, 0.05) is 37.2 Å². The van der Waals surface area contributed by atoms with Gasteiger partial charge in [-0.3, -0.25) is 19.6 Å². The number of aromatic nitrogens is 1. The number of anilines is 1. The first-order valence-electron chi connectivity index (χ1n) is 14.6. The Bertz CT molecular complexity index is 1380. The molecule has 2 heterocycles. The van der Waals surface area contributed by atoms with Gasteiger partial charge in [-0.1, -0.05) is 19.3 Å². The van der Waals surface area contributed by atoms with Gasteiger partial charge in [-0.15, -0.1) is 0 Å². The summed E-state index contributed by atoms with van der Waals surface area (Å²) >= 11 is 0. The van der Waals surface area contributed by atoms with Gasteiger partial charge >= 0.3 is 0 Å². The van der Waals surface area contributed by atoms with E-state index in [0.717, 1.165) is 38.5 Å². The third-order valence-corrected chi connectivity index (χ3v) is 9.51. The molecule has 1 saturated heterocycles. The lowest BCUT2D eigenvalue weighted by atomic mass is 10.0. The SMILES string of the molecule is Cc1[nH]c(C(=O)Nc2cc(S(=O)(=O)N3CCOCC3)ccc2OCCCCCCCC(=O)NO)c2c1C(=O)CCCC2. The first-order chi connectivity index (χ1) is 20.2. The van der Waals surface area contributed by atoms with E-state index >= 15 is 0 Å². The maximum atomic E-state index is 13.5. The summed E-state index contributed by atoms with van der Waals surface area (Å²) in [5.41, 5.74) is 4.09. The molecule has 2 amide bonds. The summed E-state index contributed by atoms with van der Waals surface area (Å²) in [5, 5.41) is 11.4. The lowest BCUT2D eigenvalue weighted by Crippen LogP contribution is -2.40. The number of hydrogen-bond donors (Lipinski definition) is 4. The van der Waals surface area contributed by atoms with Crippen LogP contribution in [0.4, 0.5) is 5.69 Å². The Kier molecular flexibility index (Phi) is 11.1. The Morgan fingerprint density at radius 3 is 2.55 bits per heavy atom. The van der Waals surface area contributed by atoms with Crippen LogP contribution in [-0.2, 0) is 26.0 Å². The molecule has 0 spiro atoms. The molecule has 0 bridgehead atoms. The van der Waals surface area contributed by atoms with Gasteiger partial charge in [-0.05, 0) is 62.8 Å². The van der Waals surface area contributed by atoms with E-state index in [1.807, 2.05) is 0 Å². The minimum atomic E-state index is -3.82. The molecule has 12 nitrogen and oxygen atoms in total. The maximum absolute atomic E-state index is 13.5. The predicted octanol–water partition coefficient (Wildman–Crippen LogP) is 3.73. The van der Waals surface area contributed by atoms with Gasteiger partial charge < -0.3 is 19.8 Å². The number of aryl methyl sites for hydroxylation is 1. The first-order valence-corrected chi connectivity index (χ1v) is 16.0. The number of ether oxygens (including phenoxy) is 2. The number of hydrogen-bond acceptors (Lipinski definition) is 8. The zero-order chi connectivity index (χ0) is 30.1. The van der Waals surface area contributed by atoms with Crippen molar-refractivity contribution in [2.24, 2.45) is 0 Å². The van der Waals surface area contributed by atoms with Crippen molar-refractivity contribution in [1.82, 2.24) is 14.8 Å². The highest BCUT2D eigenvalue weighted by Gasteiger charge is 2.29. The van der Waals surface area contributed by atoms with Crippen molar-refractivity contribution in [3.63, 3.8) is 0 Å². The van der Waals surface area contributed by atoms with Crippen molar-refractivity contribution in [2.75, 3.05) is 38.2 Å². The molecule has 4 rings (SSSR count). The maximum Gasteiger partial charge on any atom is 0.272 e. The molecule has 2 aromatic rings. The third-order valence-electron chi connectivity index (χ3n) is 7.62. The molecule has 0 radical (unpaired) electrons.